The summed E-state index contributed by atoms with van der Waals surface area (Å²) in [5.74, 6) is -1.16. The van der Waals surface area contributed by atoms with Crippen LogP contribution in [-0.4, -0.2) is 27.6 Å². The molecule has 0 saturated heterocycles. The summed E-state index contributed by atoms with van der Waals surface area (Å²) in [4.78, 5) is 43.2. The van der Waals surface area contributed by atoms with Crippen molar-refractivity contribution in [3.05, 3.63) is 93.8 Å². The number of fused-ring (bicyclic) bond motifs is 1. The number of hydrogen-bond donors (Lipinski definition) is 1. The van der Waals surface area contributed by atoms with Crippen LogP contribution in [0.4, 0.5) is 5.69 Å². The number of anilines is 1. The minimum absolute atomic E-state index is 0.153. The second-order valence-electron chi connectivity index (χ2n) is 6.73. The Morgan fingerprint density at radius 1 is 1.00 bits per heavy atom. The Hall–Kier alpha value is -3.51. The molecule has 144 valence electrons. The number of benzene rings is 2. The van der Waals surface area contributed by atoms with Gasteiger partial charge in [-0.15, -0.1) is 0 Å². The zero-order chi connectivity index (χ0) is 20.5. The summed E-state index contributed by atoms with van der Waals surface area (Å²) in [6.07, 6.45) is 3.21. The smallest absolute Gasteiger partial charge is 0.261 e. The maximum atomic E-state index is 12.8. The second-order valence-corrected chi connectivity index (χ2v) is 7.16. The van der Waals surface area contributed by atoms with Crippen LogP contribution in [0.15, 0.2) is 60.9 Å². The summed E-state index contributed by atoms with van der Waals surface area (Å²) < 4.78 is 0. The Morgan fingerprint density at radius 2 is 1.72 bits per heavy atom. The van der Waals surface area contributed by atoms with Gasteiger partial charge in [-0.2, -0.15) is 0 Å². The van der Waals surface area contributed by atoms with E-state index in [1.165, 1.54) is 17.0 Å². The number of rotatable bonds is 4. The molecule has 0 spiro atoms. The number of amides is 3. The molecule has 1 aliphatic heterocycles. The van der Waals surface area contributed by atoms with Gasteiger partial charge in [0.25, 0.3) is 17.7 Å². The third kappa shape index (κ3) is 3.62. The number of nitrogens with one attached hydrogen (secondary N) is 1. The maximum Gasteiger partial charge on any atom is 0.261 e. The van der Waals surface area contributed by atoms with Crippen LogP contribution in [-0.2, 0) is 6.54 Å². The molecule has 2 aromatic carbocycles. The van der Waals surface area contributed by atoms with Crippen LogP contribution in [0, 0.1) is 6.92 Å². The number of imide groups is 1. The van der Waals surface area contributed by atoms with E-state index in [4.69, 9.17) is 11.6 Å². The van der Waals surface area contributed by atoms with Gasteiger partial charge >= 0.3 is 0 Å². The lowest BCUT2D eigenvalue weighted by atomic mass is 10.0. The third-order valence-corrected chi connectivity index (χ3v) is 4.99. The molecule has 0 radical (unpaired) electrons. The van der Waals surface area contributed by atoms with Crippen molar-refractivity contribution in [1.82, 2.24) is 9.88 Å². The van der Waals surface area contributed by atoms with Crippen molar-refractivity contribution in [2.75, 3.05) is 5.32 Å². The molecule has 3 amide bonds. The summed E-state index contributed by atoms with van der Waals surface area (Å²) in [5, 5.41) is 3.39. The molecule has 0 unspecified atom stereocenters. The van der Waals surface area contributed by atoms with Crippen LogP contribution < -0.4 is 5.32 Å². The first-order valence-corrected chi connectivity index (χ1v) is 9.28. The van der Waals surface area contributed by atoms with Crippen LogP contribution in [0.2, 0.25) is 5.02 Å². The minimum Gasteiger partial charge on any atom is -0.322 e. The number of hydrogen-bond acceptors (Lipinski definition) is 4. The van der Waals surface area contributed by atoms with Crippen LogP contribution in [0.5, 0.6) is 0 Å². The van der Waals surface area contributed by atoms with Crippen molar-refractivity contribution in [2.45, 2.75) is 13.5 Å². The SMILES string of the molecule is Cc1cc(Cl)ccc1NC(=O)c1ccc2c(c1)C(=O)N(Cc1ccncc1)C2=O. The van der Waals surface area contributed by atoms with Crippen molar-refractivity contribution >= 4 is 35.0 Å². The molecule has 3 aromatic rings. The van der Waals surface area contributed by atoms with Gasteiger partial charge in [0.15, 0.2) is 0 Å². The van der Waals surface area contributed by atoms with E-state index in [-0.39, 0.29) is 23.9 Å². The molecular formula is C22H16ClN3O3. The molecule has 0 saturated carbocycles. The molecule has 0 atom stereocenters. The molecule has 1 aromatic heterocycles. The second kappa shape index (κ2) is 7.48. The van der Waals surface area contributed by atoms with Crippen LogP contribution in [0.1, 0.15) is 42.2 Å². The van der Waals surface area contributed by atoms with Crippen molar-refractivity contribution in [3.8, 4) is 0 Å². The fourth-order valence-corrected chi connectivity index (χ4v) is 3.43. The predicted octanol–water partition coefficient (Wildman–Crippen LogP) is 4.09. The molecule has 1 N–H and O–H groups in total. The lowest BCUT2D eigenvalue weighted by molar-refractivity contribution is 0.0642. The molecule has 4 rings (SSSR count). The molecular weight excluding hydrogens is 390 g/mol. The minimum atomic E-state index is -0.417. The monoisotopic (exact) mass is 405 g/mol. The molecule has 6 nitrogen and oxygen atoms in total. The highest BCUT2D eigenvalue weighted by Gasteiger charge is 2.36. The number of pyridine rings is 1. The highest BCUT2D eigenvalue weighted by molar-refractivity contribution is 6.30. The molecule has 1 aliphatic rings. The Morgan fingerprint density at radius 3 is 2.45 bits per heavy atom. The fourth-order valence-electron chi connectivity index (χ4n) is 3.21. The first-order valence-electron chi connectivity index (χ1n) is 8.90. The summed E-state index contributed by atoms with van der Waals surface area (Å²) in [6, 6.07) is 13.2. The average molecular weight is 406 g/mol. The lowest BCUT2D eigenvalue weighted by Crippen LogP contribution is -2.29. The van der Waals surface area contributed by atoms with Gasteiger partial charge in [-0.05, 0) is 66.6 Å². The third-order valence-electron chi connectivity index (χ3n) is 4.76. The number of halogens is 1. The van der Waals surface area contributed by atoms with E-state index >= 15 is 0 Å². The van der Waals surface area contributed by atoms with Gasteiger partial charge in [-0.3, -0.25) is 24.3 Å². The Bertz CT molecular complexity index is 1150. The number of carbonyl (C=O) groups is 3. The largest absolute Gasteiger partial charge is 0.322 e. The highest BCUT2D eigenvalue weighted by Crippen LogP contribution is 2.26. The summed E-state index contributed by atoms with van der Waals surface area (Å²) in [5.41, 5.74) is 3.06. The first-order chi connectivity index (χ1) is 13.9. The zero-order valence-corrected chi connectivity index (χ0v) is 16.2. The highest BCUT2D eigenvalue weighted by atomic mass is 35.5. The van der Waals surface area contributed by atoms with E-state index in [9.17, 15) is 14.4 Å². The standard InChI is InChI=1S/C22H16ClN3O3/c1-13-10-16(23)3-5-19(13)25-20(27)15-2-4-17-18(11-15)22(29)26(21(17)28)12-14-6-8-24-9-7-14/h2-11H,12H2,1H3,(H,25,27). The number of carbonyl (C=O) groups excluding carboxylic acids is 3. The Balaban J connectivity index is 1.57. The van der Waals surface area contributed by atoms with E-state index in [2.05, 4.69) is 10.3 Å². The topological polar surface area (TPSA) is 79.4 Å². The average Bonchev–Trinajstić information content (AvgIpc) is 2.95. The van der Waals surface area contributed by atoms with Gasteiger partial charge < -0.3 is 5.32 Å². The molecule has 29 heavy (non-hydrogen) atoms. The quantitative estimate of drug-likeness (QED) is 0.663. The van der Waals surface area contributed by atoms with Crippen LogP contribution in [0.3, 0.4) is 0 Å². The predicted molar refractivity (Wildman–Crippen MR) is 109 cm³/mol. The van der Waals surface area contributed by atoms with Gasteiger partial charge in [0.1, 0.15) is 0 Å². The van der Waals surface area contributed by atoms with E-state index < -0.39 is 5.91 Å². The fraction of sp³-hybridized carbons (Fsp3) is 0.0909. The number of aryl methyl sites for hydroxylation is 1. The van der Waals surface area contributed by atoms with Crippen LogP contribution >= 0.6 is 11.6 Å². The Kier molecular flexibility index (Phi) is 4.86. The molecule has 0 aliphatic carbocycles. The normalized spacial score (nSPS) is 12.8. The maximum absolute atomic E-state index is 12.8. The Labute approximate surface area is 172 Å². The van der Waals surface area contributed by atoms with Crippen molar-refractivity contribution in [1.29, 1.82) is 0 Å². The van der Waals surface area contributed by atoms with Crippen LogP contribution in [0.25, 0.3) is 0 Å². The van der Waals surface area contributed by atoms with E-state index in [1.54, 1.807) is 48.8 Å². The van der Waals surface area contributed by atoms with Crippen molar-refractivity contribution < 1.29 is 14.4 Å². The van der Waals surface area contributed by atoms with Crippen molar-refractivity contribution in [2.24, 2.45) is 0 Å². The molecule has 2 heterocycles. The number of aromatic nitrogens is 1. The summed E-state index contributed by atoms with van der Waals surface area (Å²) >= 11 is 5.95. The van der Waals surface area contributed by atoms with Gasteiger partial charge in [0.05, 0.1) is 17.7 Å². The zero-order valence-electron chi connectivity index (χ0n) is 15.5. The molecule has 0 fully saturated rings. The van der Waals surface area contributed by atoms with Gasteiger partial charge in [-0.1, -0.05) is 11.6 Å². The summed E-state index contributed by atoms with van der Waals surface area (Å²) in [7, 11) is 0. The van der Waals surface area contributed by atoms with E-state index in [0.717, 1.165) is 11.1 Å². The van der Waals surface area contributed by atoms with E-state index in [1.807, 2.05) is 6.92 Å². The van der Waals surface area contributed by atoms with Crippen molar-refractivity contribution in [3.63, 3.8) is 0 Å². The van der Waals surface area contributed by atoms with Gasteiger partial charge in [0, 0.05) is 28.7 Å². The summed E-state index contributed by atoms with van der Waals surface area (Å²) in [6.45, 7) is 1.99. The van der Waals surface area contributed by atoms with Gasteiger partial charge in [0.2, 0.25) is 0 Å². The molecule has 7 heteroatoms. The first kappa shape index (κ1) is 18.8. The van der Waals surface area contributed by atoms with E-state index in [0.29, 0.717) is 21.8 Å². The number of nitrogens with zero attached hydrogens (tertiary/aromatic N) is 2. The van der Waals surface area contributed by atoms with Gasteiger partial charge in [-0.25, -0.2) is 0 Å². The molecule has 0 bridgehead atoms. The lowest BCUT2D eigenvalue weighted by Gasteiger charge is -2.13.